The summed E-state index contributed by atoms with van der Waals surface area (Å²) in [7, 11) is 0. The molecule has 34 heavy (non-hydrogen) atoms. The summed E-state index contributed by atoms with van der Waals surface area (Å²) in [6.07, 6.45) is 7.50. The van der Waals surface area contributed by atoms with Crippen LogP contribution < -0.4 is 10.3 Å². The molecule has 4 aromatic rings. The van der Waals surface area contributed by atoms with Gasteiger partial charge in [-0.2, -0.15) is 0 Å². The lowest BCUT2D eigenvalue weighted by Crippen LogP contribution is -2.26. The number of hydrogen-bond acceptors (Lipinski definition) is 6. The van der Waals surface area contributed by atoms with Gasteiger partial charge < -0.3 is 4.74 Å². The Morgan fingerprint density at radius 3 is 2.62 bits per heavy atom. The quantitative estimate of drug-likeness (QED) is 0.386. The molecule has 174 valence electrons. The number of carbonyl (C=O) groups excluding carboxylic acids is 1. The number of pyridine rings is 1. The Balaban J connectivity index is 1.30. The number of tetrazole rings is 1. The van der Waals surface area contributed by atoms with Crippen molar-refractivity contribution in [1.29, 1.82) is 0 Å². The van der Waals surface area contributed by atoms with Crippen LogP contribution in [-0.2, 0) is 6.42 Å². The Morgan fingerprint density at radius 1 is 0.971 bits per heavy atom. The summed E-state index contributed by atoms with van der Waals surface area (Å²) in [6, 6.07) is 17.8. The van der Waals surface area contributed by atoms with Crippen LogP contribution in [0, 0.1) is 0 Å². The van der Waals surface area contributed by atoms with Crippen LogP contribution in [0.3, 0.4) is 0 Å². The van der Waals surface area contributed by atoms with Crippen LogP contribution in [0.2, 0.25) is 0 Å². The van der Waals surface area contributed by atoms with E-state index in [0.29, 0.717) is 29.5 Å². The Hall–Kier alpha value is -3.81. The second-order valence-electron chi connectivity index (χ2n) is 8.65. The van der Waals surface area contributed by atoms with Crippen molar-refractivity contribution in [3.63, 3.8) is 0 Å². The highest BCUT2D eigenvalue weighted by Crippen LogP contribution is 2.28. The minimum Gasteiger partial charge on any atom is -0.493 e. The monoisotopic (exact) mass is 457 g/mol. The Kier molecular flexibility index (Phi) is 6.46. The Bertz CT molecular complexity index is 1340. The average molecular weight is 458 g/mol. The van der Waals surface area contributed by atoms with Crippen LogP contribution in [-0.4, -0.2) is 37.3 Å². The van der Waals surface area contributed by atoms with Crippen LogP contribution in [0.25, 0.3) is 10.9 Å². The highest BCUT2D eigenvalue weighted by Gasteiger charge is 2.20. The molecule has 1 fully saturated rings. The van der Waals surface area contributed by atoms with Gasteiger partial charge in [-0.15, -0.1) is 5.10 Å². The van der Waals surface area contributed by atoms with Gasteiger partial charge in [-0.3, -0.25) is 9.59 Å². The lowest BCUT2D eigenvalue weighted by atomic mass is 9.95. The second-order valence-corrected chi connectivity index (χ2v) is 8.65. The number of benzene rings is 2. The third-order valence-electron chi connectivity index (χ3n) is 6.40. The van der Waals surface area contributed by atoms with Crippen molar-refractivity contribution in [1.82, 2.24) is 24.8 Å². The van der Waals surface area contributed by atoms with E-state index >= 15 is 0 Å². The lowest BCUT2D eigenvalue weighted by Gasteiger charge is -2.22. The average Bonchev–Trinajstić information content (AvgIpc) is 3.36. The fraction of sp³-hybridized carbons (Fsp3) is 0.346. The second kappa shape index (κ2) is 9.99. The molecule has 1 aliphatic rings. The molecule has 0 bridgehead atoms. The number of hydrogen-bond donors (Lipinski definition) is 0. The number of nitrogens with zero attached hydrogens (tertiary/aromatic N) is 5. The molecule has 0 amide bonds. The molecule has 8 nitrogen and oxygen atoms in total. The summed E-state index contributed by atoms with van der Waals surface area (Å²) in [5.74, 6) is 1.18. The zero-order valence-electron chi connectivity index (χ0n) is 19.0. The lowest BCUT2D eigenvalue weighted by molar-refractivity contribution is 0.0961. The van der Waals surface area contributed by atoms with Gasteiger partial charge in [0.05, 0.1) is 18.2 Å². The predicted octanol–water partition coefficient (Wildman–Crippen LogP) is 4.19. The van der Waals surface area contributed by atoms with Crippen LogP contribution in [0.5, 0.6) is 5.75 Å². The van der Waals surface area contributed by atoms with Crippen molar-refractivity contribution in [3.8, 4) is 5.75 Å². The van der Waals surface area contributed by atoms with E-state index in [2.05, 4.69) is 15.5 Å². The molecular formula is C26H27N5O3. The topological polar surface area (TPSA) is 91.9 Å². The van der Waals surface area contributed by atoms with Crippen molar-refractivity contribution >= 4 is 16.8 Å². The molecule has 0 unspecified atom stereocenters. The van der Waals surface area contributed by atoms with Gasteiger partial charge in [-0.1, -0.05) is 43.5 Å². The first-order valence-corrected chi connectivity index (χ1v) is 11.9. The molecule has 0 aliphatic heterocycles. The molecule has 0 spiro atoms. The van der Waals surface area contributed by atoms with Gasteiger partial charge in [-0.05, 0) is 60.0 Å². The molecule has 2 heterocycles. The third kappa shape index (κ3) is 4.48. The molecule has 0 radical (unpaired) electrons. The van der Waals surface area contributed by atoms with E-state index in [1.54, 1.807) is 42.5 Å². The SMILES string of the molecule is O=C(c1ccccc1)n1c(=O)ccc2c(OCCCc3nnnn3C3CCCCC3)cccc21. The largest absolute Gasteiger partial charge is 0.493 e. The molecule has 0 N–H and O–H groups in total. The maximum absolute atomic E-state index is 13.0. The first-order valence-electron chi connectivity index (χ1n) is 11.9. The number of rotatable bonds is 7. The van der Waals surface area contributed by atoms with Crippen molar-refractivity contribution in [2.45, 2.75) is 51.0 Å². The molecular weight excluding hydrogens is 430 g/mol. The molecule has 5 rings (SSSR count). The van der Waals surface area contributed by atoms with E-state index in [0.717, 1.165) is 36.9 Å². The van der Waals surface area contributed by atoms with E-state index in [1.807, 2.05) is 16.8 Å². The van der Waals surface area contributed by atoms with Gasteiger partial charge in [0, 0.05) is 23.4 Å². The van der Waals surface area contributed by atoms with Crippen LogP contribution in [0.4, 0.5) is 0 Å². The molecule has 1 saturated carbocycles. The Morgan fingerprint density at radius 2 is 1.79 bits per heavy atom. The van der Waals surface area contributed by atoms with Gasteiger partial charge in [0.15, 0.2) is 5.82 Å². The molecule has 1 aliphatic carbocycles. The molecule has 0 saturated heterocycles. The number of carbonyl (C=O) groups is 1. The van der Waals surface area contributed by atoms with E-state index in [1.165, 1.54) is 29.9 Å². The minimum atomic E-state index is -0.368. The van der Waals surface area contributed by atoms with Crippen LogP contribution in [0.15, 0.2) is 65.5 Å². The summed E-state index contributed by atoms with van der Waals surface area (Å²) in [5, 5.41) is 13.1. The summed E-state index contributed by atoms with van der Waals surface area (Å²) >= 11 is 0. The third-order valence-corrected chi connectivity index (χ3v) is 6.40. The predicted molar refractivity (Wildman–Crippen MR) is 128 cm³/mol. The van der Waals surface area contributed by atoms with E-state index < -0.39 is 0 Å². The highest BCUT2D eigenvalue weighted by molar-refractivity contribution is 6.02. The highest BCUT2D eigenvalue weighted by atomic mass is 16.5. The molecule has 2 aromatic carbocycles. The normalized spacial score (nSPS) is 14.4. The number of aryl methyl sites for hydroxylation is 1. The van der Waals surface area contributed by atoms with Gasteiger partial charge in [0.2, 0.25) is 0 Å². The first kappa shape index (κ1) is 22.0. The van der Waals surface area contributed by atoms with Crippen LogP contribution in [0.1, 0.15) is 60.7 Å². The summed E-state index contributed by atoms with van der Waals surface area (Å²) < 4.78 is 9.27. The maximum atomic E-state index is 13.0. The number of fused-ring (bicyclic) bond motifs is 1. The van der Waals surface area contributed by atoms with Crippen molar-refractivity contribution in [3.05, 3.63) is 82.4 Å². The van der Waals surface area contributed by atoms with Gasteiger partial charge >= 0.3 is 0 Å². The molecule has 0 atom stereocenters. The van der Waals surface area contributed by atoms with E-state index in [-0.39, 0.29) is 11.5 Å². The molecule has 2 aromatic heterocycles. The number of aromatic nitrogens is 5. The molecule has 8 heteroatoms. The number of ether oxygens (including phenoxy) is 1. The fourth-order valence-electron chi connectivity index (χ4n) is 4.69. The van der Waals surface area contributed by atoms with Crippen molar-refractivity contribution in [2.24, 2.45) is 0 Å². The smallest absolute Gasteiger partial charge is 0.265 e. The minimum absolute atomic E-state index is 0.358. The van der Waals surface area contributed by atoms with Gasteiger partial charge in [0.1, 0.15) is 5.75 Å². The standard InChI is InChI=1S/C26H27N5O3/c32-25-17-16-21-22(30(25)26(33)19-9-3-1-4-10-19)13-7-14-23(21)34-18-8-15-24-27-28-29-31(24)20-11-5-2-6-12-20/h1,3-4,7,9-10,13-14,16-17,20H,2,5-6,8,11-12,15,18H2. The summed E-state index contributed by atoms with van der Waals surface area (Å²) in [6.45, 7) is 0.475. The summed E-state index contributed by atoms with van der Waals surface area (Å²) in [5.41, 5.74) is 0.618. The summed E-state index contributed by atoms with van der Waals surface area (Å²) in [4.78, 5) is 25.6. The zero-order valence-corrected chi connectivity index (χ0v) is 19.0. The van der Waals surface area contributed by atoms with E-state index in [9.17, 15) is 9.59 Å². The Labute approximate surface area is 197 Å². The van der Waals surface area contributed by atoms with Crippen molar-refractivity contribution in [2.75, 3.05) is 6.61 Å². The van der Waals surface area contributed by atoms with Crippen LogP contribution >= 0.6 is 0 Å². The van der Waals surface area contributed by atoms with Crippen molar-refractivity contribution < 1.29 is 9.53 Å². The first-order chi connectivity index (χ1) is 16.7. The van der Waals surface area contributed by atoms with Gasteiger partial charge in [0.25, 0.3) is 11.5 Å². The zero-order chi connectivity index (χ0) is 23.3. The van der Waals surface area contributed by atoms with Gasteiger partial charge in [-0.25, -0.2) is 9.25 Å². The maximum Gasteiger partial charge on any atom is 0.265 e. The fourth-order valence-corrected chi connectivity index (χ4v) is 4.69. The van der Waals surface area contributed by atoms with E-state index in [4.69, 9.17) is 4.74 Å².